The first-order chi connectivity index (χ1) is 10.7. The third kappa shape index (κ3) is 5.60. The van der Waals surface area contributed by atoms with Crippen molar-refractivity contribution in [1.29, 1.82) is 5.26 Å². The van der Waals surface area contributed by atoms with Gasteiger partial charge in [-0.1, -0.05) is 37.8 Å². The maximum absolute atomic E-state index is 12.9. The third-order valence-electron chi connectivity index (χ3n) is 4.73. The molecular weight excluding hydrogens is 280 g/mol. The molecule has 0 unspecified atom stereocenters. The van der Waals surface area contributed by atoms with Gasteiger partial charge in [-0.25, -0.2) is 4.39 Å². The molecule has 1 saturated carbocycles. The Morgan fingerprint density at radius 2 is 1.68 bits per heavy atom. The number of hydrogen-bond donors (Lipinski definition) is 0. The number of hydrogen-bond acceptors (Lipinski definition) is 1. The van der Waals surface area contributed by atoms with Gasteiger partial charge in [-0.3, -0.25) is 0 Å². The molecule has 1 aromatic rings. The van der Waals surface area contributed by atoms with Crippen LogP contribution in [0.3, 0.4) is 0 Å². The average molecular weight is 303 g/mol. The van der Waals surface area contributed by atoms with Crippen molar-refractivity contribution in [2.45, 2.75) is 51.4 Å². The molecule has 0 bridgehead atoms. The minimum absolute atomic E-state index is 0.175. The molecule has 0 N–H and O–H groups in total. The van der Waals surface area contributed by atoms with E-state index in [1.807, 2.05) is 12.1 Å². The molecule has 1 aliphatic rings. The maximum Gasteiger partial charge on any atom is 0.196 e. The highest BCUT2D eigenvalue weighted by Crippen LogP contribution is 2.34. The molecule has 0 aliphatic heterocycles. The third-order valence-corrected chi connectivity index (χ3v) is 4.73. The molecule has 0 saturated heterocycles. The summed E-state index contributed by atoms with van der Waals surface area (Å²) in [6, 6.07) is 8.32. The number of aryl methyl sites for hydroxylation is 1. The molecule has 0 heterocycles. The Morgan fingerprint density at radius 3 is 2.27 bits per heavy atom. The monoisotopic (exact) mass is 303 g/mol. The van der Waals surface area contributed by atoms with Gasteiger partial charge in [0, 0.05) is 0 Å². The number of benzene rings is 1. The Morgan fingerprint density at radius 1 is 1.09 bits per heavy atom. The van der Waals surface area contributed by atoms with Gasteiger partial charge in [-0.05, 0) is 61.3 Å². The molecule has 1 aromatic carbocycles. The molecule has 118 valence electrons. The standard InChI is InChI=1S/C19H23F2N/c20-18-12-10-17(11-13-18)9-8-16-6-4-15(5-7-16)2-1-3-19(21)14-22/h3,10-13,15-16H,1-2,4-9H2/b19-3-/t15-,16-. The summed E-state index contributed by atoms with van der Waals surface area (Å²) >= 11 is 0. The molecule has 0 aromatic heterocycles. The summed E-state index contributed by atoms with van der Waals surface area (Å²) in [4.78, 5) is 0. The van der Waals surface area contributed by atoms with Crippen molar-refractivity contribution in [3.05, 3.63) is 47.5 Å². The van der Waals surface area contributed by atoms with Crippen LogP contribution in [0.2, 0.25) is 0 Å². The first-order valence-corrected chi connectivity index (χ1v) is 8.17. The van der Waals surface area contributed by atoms with E-state index in [2.05, 4.69) is 0 Å². The average Bonchev–Trinajstić information content (AvgIpc) is 2.55. The highest BCUT2D eigenvalue weighted by Gasteiger charge is 2.20. The maximum atomic E-state index is 12.9. The van der Waals surface area contributed by atoms with Gasteiger partial charge in [0.1, 0.15) is 11.9 Å². The van der Waals surface area contributed by atoms with E-state index < -0.39 is 5.83 Å². The van der Waals surface area contributed by atoms with E-state index in [0.29, 0.717) is 12.3 Å². The number of allylic oxidation sites excluding steroid dienone is 2. The van der Waals surface area contributed by atoms with E-state index in [9.17, 15) is 8.78 Å². The van der Waals surface area contributed by atoms with Crippen LogP contribution in [0.4, 0.5) is 8.78 Å². The predicted molar refractivity (Wildman–Crippen MR) is 84.2 cm³/mol. The first-order valence-electron chi connectivity index (χ1n) is 8.17. The molecule has 0 radical (unpaired) electrons. The fraction of sp³-hybridized carbons (Fsp3) is 0.526. The largest absolute Gasteiger partial charge is 0.207 e. The van der Waals surface area contributed by atoms with Crippen LogP contribution in [-0.2, 0) is 6.42 Å². The molecule has 2 rings (SSSR count). The highest BCUT2D eigenvalue weighted by atomic mass is 19.1. The lowest BCUT2D eigenvalue weighted by Gasteiger charge is -2.28. The quantitative estimate of drug-likeness (QED) is 0.616. The summed E-state index contributed by atoms with van der Waals surface area (Å²) in [7, 11) is 0. The summed E-state index contributed by atoms with van der Waals surface area (Å²) < 4.78 is 25.6. The van der Waals surface area contributed by atoms with Gasteiger partial charge in [-0.2, -0.15) is 9.65 Å². The van der Waals surface area contributed by atoms with Crippen LogP contribution in [0.25, 0.3) is 0 Å². The number of nitriles is 1. The van der Waals surface area contributed by atoms with Crippen molar-refractivity contribution in [1.82, 2.24) is 0 Å². The predicted octanol–water partition coefficient (Wildman–Crippen LogP) is 5.72. The Kier molecular flexibility index (Phi) is 6.58. The van der Waals surface area contributed by atoms with Crippen LogP contribution >= 0.6 is 0 Å². The fourth-order valence-electron chi connectivity index (χ4n) is 3.32. The normalized spacial score (nSPS) is 22.3. The van der Waals surface area contributed by atoms with E-state index in [-0.39, 0.29) is 5.82 Å². The van der Waals surface area contributed by atoms with Crippen molar-refractivity contribution >= 4 is 0 Å². The van der Waals surface area contributed by atoms with Gasteiger partial charge >= 0.3 is 0 Å². The highest BCUT2D eigenvalue weighted by molar-refractivity contribution is 5.16. The van der Waals surface area contributed by atoms with Crippen molar-refractivity contribution in [3.8, 4) is 6.07 Å². The van der Waals surface area contributed by atoms with E-state index in [1.165, 1.54) is 61.9 Å². The summed E-state index contributed by atoms with van der Waals surface area (Å²) in [6.07, 6.45) is 10.1. The van der Waals surface area contributed by atoms with E-state index in [0.717, 1.165) is 18.8 Å². The SMILES string of the molecule is N#C/C(F)=C/CC[C@H]1CC[C@H](CCc2ccc(F)cc2)CC1. The molecule has 1 aliphatic carbocycles. The van der Waals surface area contributed by atoms with Crippen LogP contribution in [-0.4, -0.2) is 0 Å². The molecule has 0 amide bonds. The lowest BCUT2D eigenvalue weighted by Crippen LogP contribution is -2.15. The molecule has 3 heteroatoms. The van der Waals surface area contributed by atoms with Gasteiger partial charge in [0.25, 0.3) is 0 Å². The minimum Gasteiger partial charge on any atom is -0.207 e. The zero-order chi connectivity index (χ0) is 15.8. The molecule has 0 spiro atoms. The van der Waals surface area contributed by atoms with Crippen LogP contribution in [0.5, 0.6) is 0 Å². The topological polar surface area (TPSA) is 23.8 Å². The summed E-state index contributed by atoms with van der Waals surface area (Å²) in [6.45, 7) is 0. The van der Waals surface area contributed by atoms with Crippen molar-refractivity contribution in [3.63, 3.8) is 0 Å². The molecular formula is C19H23F2N. The Labute approximate surface area is 131 Å². The van der Waals surface area contributed by atoms with Gasteiger partial charge in [0.15, 0.2) is 5.83 Å². The Bertz CT molecular complexity index is 519. The molecule has 1 fully saturated rings. The van der Waals surface area contributed by atoms with E-state index in [4.69, 9.17) is 5.26 Å². The lowest BCUT2D eigenvalue weighted by molar-refractivity contribution is 0.254. The van der Waals surface area contributed by atoms with Crippen LogP contribution in [0, 0.1) is 29.0 Å². The fourth-order valence-corrected chi connectivity index (χ4v) is 3.32. The van der Waals surface area contributed by atoms with Gasteiger partial charge in [-0.15, -0.1) is 0 Å². The zero-order valence-electron chi connectivity index (χ0n) is 12.9. The summed E-state index contributed by atoms with van der Waals surface area (Å²) in [5.41, 5.74) is 1.21. The molecule has 1 nitrogen and oxygen atoms in total. The Balaban J connectivity index is 1.65. The Hall–Kier alpha value is -1.69. The second kappa shape index (κ2) is 8.68. The minimum atomic E-state index is -0.659. The lowest BCUT2D eigenvalue weighted by atomic mass is 9.78. The molecule has 0 atom stereocenters. The zero-order valence-corrected chi connectivity index (χ0v) is 12.9. The van der Waals surface area contributed by atoms with Crippen LogP contribution < -0.4 is 0 Å². The van der Waals surface area contributed by atoms with Gasteiger partial charge < -0.3 is 0 Å². The first kappa shape index (κ1) is 16.7. The van der Waals surface area contributed by atoms with Crippen molar-refractivity contribution < 1.29 is 8.78 Å². The van der Waals surface area contributed by atoms with Gasteiger partial charge in [0.05, 0.1) is 0 Å². The number of rotatable bonds is 6. The van der Waals surface area contributed by atoms with Gasteiger partial charge in [0.2, 0.25) is 0 Å². The second-order valence-corrected chi connectivity index (χ2v) is 6.29. The van der Waals surface area contributed by atoms with Crippen molar-refractivity contribution in [2.75, 3.05) is 0 Å². The smallest absolute Gasteiger partial charge is 0.196 e. The summed E-state index contributed by atoms with van der Waals surface area (Å²) in [5, 5.41) is 8.36. The number of halogens is 2. The second-order valence-electron chi connectivity index (χ2n) is 6.29. The van der Waals surface area contributed by atoms with E-state index in [1.54, 1.807) is 0 Å². The molecule has 22 heavy (non-hydrogen) atoms. The summed E-state index contributed by atoms with van der Waals surface area (Å²) in [5.74, 6) is 0.594. The van der Waals surface area contributed by atoms with Crippen LogP contribution in [0.1, 0.15) is 50.5 Å². The number of nitrogens with zero attached hydrogens (tertiary/aromatic N) is 1. The van der Waals surface area contributed by atoms with Crippen LogP contribution in [0.15, 0.2) is 36.2 Å². The van der Waals surface area contributed by atoms with E-state index >= 15 is 0 Å². The van der Waals surface area contributed by atoms with Crippen molar-refractivity contribution in [2.24, 2.45) is 11.8 Å².